The summed E-state index contributed by atoms with van der Waals surface area (Å²) in [7, 11) is 12.6. The van der Waals surface area contributed by atoms with Crippen molar-refractivity contribution in [3.8, 4) is 0 Å². The fourth-order valence-electron chi connectivity index (χ4n) is 9.57. The van der Waals surface area contributed by atoms with Crippen molar-refractivity contribution in [2.24, 2.45) is 0 Å². The summed E-state index contributed by atoms with van der Waals surface area (Å²) in [6.07, 6.45) is 8.63. The van der Waals surface area contributed by atoms with Crippen LogP contribution in [-0.2, 0) is 0 Å². The average molecular weight is 1180 g/mol. The van der Waals surface area contributed by atoms with Crippen molar-refractivity contribution in [1.29, 1.82) is 0 Å². The Hall–Kier alpha value is -8.64. The van der Waals surface area contributed by atoms with Crippen LogP contribution in [-0.4, -0.2) is 81.6 Å². The number of rotatable bonds is 18. The predicted octanol–water partition coefficient (Wildman–Crippen LogP) is 21.6. The van der Waals surface area contributed by atoms with Crippen molar-refractivity contribution in [3.63, 3.8) is 0 Å². The minimum absolute atomic E-state index is 0.910. The van der Waals surface area contributed by atoms with Gasteiger partial charge in [0.15, 0.2) is 17.7 Å². The number of fused-ring (bicyclic) bond motifs is 6. The standard InChI is InChI=1S/3C21H22N2O2.6C2H6/c1-22(18-14-24-20-10-5-3-8-16(18)20)12-7-13-23(2)19-15-25-21-11-6-4-9-17(19)21;1-22(18-15-24-20-11-6-4-9-17(18)20)12-7-13-23(2)21-14-16-8-3-5-10-19(16)25-21;1-22(20-14-16-8-3-5-10-18(16)24-20)12-7-13-23(2)21-15-17-9-4-6-11-19(17)25-21;6*1-2/h3*3-6,8-11,14-15H,7,12-13H2,1-2H3;6*1-2H3. The fraction of sp³-hybridized carbons (Fsp3) is 0.360. The third kappa shape index (κ3) is 19.4. The number of furan rings is 6. The zero-order valence-electron chi connectivity index (χ0n) is 55.8. The zero-order valence-corrected chi connectivity index (χ0v) is 55.8. The van der Waals surface area contributed by atoms with Gasteiger partial charge in [-0.1, -0.05) is 174 Å². The summed E-state index contributed by atoms with van der Waals surface area (Å²) in [5.41, 5.74) is 9.04. The molecule has 0 spiro atoms. The van der Waals surface area contributed by atoms with Gasteiger partial charge in [-0.05, 0) is 73.9 Å². The zero-order chi connectivity index (χ0) is 63.7. The lowest BCUT2D eigenvalue weighted by atomic mass is 10.2. The Kier molecular flexibility index (Phi) is 31.3. The van der Waals surface area contributed by atoms with Gasteiger partial charge in [0.1, 0.15) is 52.3 Å². The van der Waals surface area contributed by atoms with Gasteiger partial charge in [0, 0.05) is 132 Å². The molecule has 12 aromatic rings. The van der Waals surface area contributed by atoms with E-state index in [1.54, 1.807) is 0 Å². The number of nitrogens with zero attached hydrogens (tertiary/aromatic N) is 6. The molecule has 0 saturated heterocycles. The second-order valence-corrected chi connectivity index (χ2v) is 19.3. The molecule has 6 heterocycles. The first-order valence-corrected chi connectivity index (χ1v) is 31.8. The Balaban J connectivity index is 0.000000257. The van der Waals surface area contributed by atoms with Crippen LogP contribution in [0.5, 0.6) is 0 Å². The second kappa shape index (κ2) is 38.4. The van der Waals surface area contributed by atoms with Crippen LogP contribution < -0.4 is 29.4 Å². The molecule has 0 fully saturated rings. The summed E-state index contributed by atoms with van der Waals surface area (Å²) in [6.45, 7) is 29.6. The first-order chi connectivity index (χ1) is 42.7. The SMILES string of the molecule is CC.CC.CC.CC.CC.CC.CN(CCCN(C)c1cc2ccccc2o1)c1cc2ccccc2o1.CN(CCCN(C)c1coc2ccccc12)c1cc2ccccc2o1.CN(CCCN(C)c1coc2ccccc12)c1coc2ccccc12. The topological polar surface area (TPSA) is 98.3 Å². The van der Waals surface area contributed by atoms with Gasteiger partial charge in [0.05, 0.1) is 17.1 Å². The average Bonchev–Trinajstić information content (AvgIpc) is 4.42. The second-order valence-electron chi connectivity index (χ2n) is 19.3. The maximum absolute atomic E-state index is 5.91. The highest BCUT2D eigenvalue weighted by atomic mass is 16.4. The van der Waals surface area contributed by atoms with Crippen LogP contribution in [0.15, 0.2) is 209 Å². The van der Waals surface area contributed by atoms with E-state index in [0.717, 1.165) is 148 Å². The molecular formula is C75H102N6O6. The highest BCUT2D eigenvalue weighted by Gasteiger charge is 2.15. The minimum Gasteiger partial charge on any atom is -0.462 e. The number of para-hydroxylation sites is 6. The molecule has 0 radical (unpaired) electrons. The van der Waals surface area contributed by atoms with E-state index in [-0.39, 0.29) is 0 Å². The van der Waals surface area contributed by atoms with Gasteiger partial charge in [0.25, 0.3) is 0 Å². The summed E-state index contributed by atoms with van der Waals surface area (Å²) in [5.74, 6) is 2.73. The van der Waals surface area contributed by atoms with E-state index < -0.39 is 0 Å². The molecular weight excluding hydrogens is 1080 g/mol. The van der Waals surface area contributed by atoms with E-state index in [2.05, 4.69) is 126 Å². The molecule has 12 nitrogen and oxygen atoms in total. The first kappa shape index (κ1) is 70.8. The number of hydrogen-bond acceptors (Lipinski definition) is 12. The molecule has 0 aliphatic rings. The molecule has 0 amide bonds. The van der Waals surface area contributed by atoms with Gasteiger partial charge < -0.3 is 55.9 Å². The van der Waals surface area contributed by atoms with Gasteiger partial charge >= 0.3 is 0 Å². The maximum atomic E-state index is 5.91. The summed E-state index contributed by atoms with van der Waals surface area (Å²) < 4.78 is 34.6. The van der Waals surface area contributed by atoms with Crippen molar-refractivity contribution < 1.29 is 26.5 Å². The molecule has 0 unspecified atom stereocenters. The van der Waals surface area contributed by atoms with Gasteiger partial charge in [-0.3, -0.25) is 0 Å². The fourth-order valence-corrected chi connectivity index (χ4v) is 9.57. The van der Waals surface area contributed by atoms with Crippen molar-refractivity contribution in [2.75, 3.05) is 111 Å². The first-order valence-electron chi connectivity index (χ1n) is 31.8. The van der Waals surface area contributed by atoms with Crippen molar-refractivity contribution in [3.05, 3.63) is 183 Å². The Morgan fingerprint density at radius 2 is 0.460 bits per heavy atom. The van der Waals surface area contributed by atoms with E-state index >= 15 is 0 Å². The lowest BCUT2D eigenvalue weighted by molar-refractivity contribution is 0.577. The number of hydrogen-bond donors (Lipinski definition) is 0. The molecule has 87 heavy (non-hydrogen) atoms. The Morgan fingerprint density at radius 1 is 0.253 bits per heavy atom. The smallest absolute Gasteiger partial charge is 0.196 e. The van der Waals surface area contributed by atoms with E-state index in [4.69, 9.17) is 26.5 Å². The Labute approximate surface area is 520 Å². The molecule has 0 N–H and O–H groups in total. The van der Waals surface area contributed by atoms with Gasteiger partial charge in [-0.2, -0.15) is 0 Å². The quantitative estimate of drug-likeness (QED) is 0.0818. The Bertz CT molecular complexity index is 3450. The van der Waals surface area contributed by atoms with E-state index in [9.17, 15) is 0 Å². The van der Waals surface area contributed by atoms with Crippen molar-refractivity contribution in [2.45, 2.75) is 102 Å². The summed E-state index contributed by atoms with van der Waals surface area (Å²) in [6, 6.07) is 55.1. The molecule has 468 valence electrons. The molecule has 0 aliphatic carbocycles. The van der Waals surface area contributed by atoms with E-state index in [0.29, 0.717) is 0 Å². The predicted molar refractivity (Wildman–Crippen MR) is 379 cm³/mol. The van der Waals surface area contributed by atoms with Crippen LogP contribution in [0, 0.1) is 0 Å². The van der Waals surface area contributed by atoms with Gasteiger partial charge in [0.2, 0.25) is 0 Å². The summed E-state index contributed by atoms with van der Waals surface area (Å²) in [5, 5.41) is 6.92. The van der Waals surface area contributed by atoms with E-state index in [1.807, 2.05) is 211 Å². The third-order valence-corrected chi connectivity index (χ3v) is 13.9. The molecule has 12 rings (SSSR count). The molecule has 0 aliphatic heterocycles. The molecule has 0 saturated carbocycles. The van der Waals surface area contributed by atoms with Crippen LogP contribution in [0.1, 0.15) is 102 Å². The lowest BCUT2D eigenvalue weighted by Gasteiger charge is -2.21. The van der Waals surface area contributed by atoms with Gasteiger partial charge in [-0.15, -0.1) is 0 Å². The third-order valence-electron chi connectivity index (χ3n) is 13.9. The summed E-state index contributed by atoms with van der Waals surface area (Å²) in [4.78, 5) is 13.2. The molecule has 0 bridgehead atoms. The normalized spacial score (nSPS) is 10.1. The number of anilines is 6. The number of benzene rings is 6. The van der Waals surface area contributed by atoms with Crippen LogP contribution in [0.2, 0.25) is 0 Å². The van der Waals surface area contributed by atoms with Crippen molar-refractivity contribution >= 4 is 101 Å². The minimum atomic E-state index is 0.910. The highest BCUT2D eigenvalue weighted by molar-refractivity contribution is 5.93. The van der Waals surface area contributed by atoms with E-state index in [1.165, 1.54) is 10.8 Å². The highest BCUT2D eigenvalue weighted by Crippen LogP contribution is 2.32. The lowest BCUT2D eigenvalue weighted by Crippen LogP contribution is -2.25. The van der Waals surface area contributed by atoms with Crippen molar-refractivity contribution in [1.82, 2.24) is 0 Å². The molecule has 0 atom stereocenters. The van der Waals surface area contributed by atoms with Crippen LogP contribution >= 0.6 is 0 Å². The maximum Gasteiger partial charge on any atom is 0.196 e. The Morgan fingerprint density at radius 3 is 0.701 bits per heavy atom. The van der Waals surface area contributed by atoms with Crippen LogP contribution in [0.4, 0.5) is 34.7 Å². The summed E-state index contributed by atoms with van der Waals surface area (Å²) >= 11 is 0. The largest absolute Gasteiger partial charge is 0.462 e. The van der Waals surface area contributed by atoms with Gasteiger partial charge in [-0.25, -0.2) is 0 Å². The molecule has 12 heteroatoms. The molecule has 6 aromatic heterocycles. The monoisotopic (exact) mass is 1180 g/mol. The van der Waals surface area contributed by atoms with Crippen LogP contribution in [0.25, 0.3) is 65.8 Å². The molecule has 6 aromatic carbocycles. The van der Waals surface area contributed by atoms with Crippen LogP contribution in [0.3, 0.4) is 0 Å².